The molecule has 1 amide bonds. The van der Waals surface area contributed by atoms with Crippen molar-refractivity contribution in [1.82, 2.24) is 15.0 Å². The predicted octanol–water partition coefficient (Wildman–Crippen LogP) is 1.27. The second-order valence-corrected chi connectivity index (χ2v) is 4.89. The van der Waals surface area contributed by atoms with Crippen molar-refractivity contribution in [1.29, 1.82) is 0 Å². The zero-order valence-electron chi connectivity index (χ0n) is 11.2. The van der Waals surface area contributed by atoms with E-state index < -0.39 is 0 Å². The largest absolute Gasteiger partial charge is 0.277 e. The van der Waals surface area contributed by atoms with Crippen LogP contribution in [0.15, 0.2) is 29.1 Å². The summed E-state index contributed by atoms with van der Waals surface area (Å²) in [6.07, 6.45) is 1.86. The Morgan fingerprint density at radius 1 is 1.40 bits per heavy atom. The van der Waals surface area contributed by atoms with Crippen molar-refractivity contribution in [3.05, 3.63) is 34.6 Å². The molecule has 0 bridgehead atoms. The Balaban J connectivity index is 1.96. The molecule has 0 unspecified atom stereocenters. The zero-order valence-corrected chi connectivity index (χ0v) is 11.2. The van der Waals surface area contributed by atoms with Gasteiger partial charge in [-0.25, -0.2) is 4.98 Å². The molecule has 1 aromatic carbocycles. The van der Waals surface area contributed by atoms with Gasteiger partial charge in [0, 0.05) is 12.5 Å². The molecule has 0 saturated heterocycles. The summed E-state index contributed by atoms with van der Waals surface area (Å²) in [4.78, 5) is 28.4. The number of benzene rings is 1. The van der Waals surface area contributed by atoms with Crippen LogP contribution in [0.5, 0.6) is 0 Å². The fourth-order valence-corrected chi connectivity index (χ4v) is 2.12. The van der Waals surface area contributed by atoms with Gasteiger partial charge in [0.25, 0.3) is 5.56 Å². The number of nitrogens with one attached hydrogen (secondary N) is 2. The smallest absolute Gasteiger partial charge is 0.262 e. The number of hydrazine groups is 1. The number of rotatable bonds is 4. The molecule has 3 rings (SSSR count). The number of amides is 1. The van der Waals surface area contributed by atoms with Crippen LogP contribution in [-0.4, -0.2) is 15.5 Å². The molecule has 6 heteroatoms. The highest BCUT2D eigenvalue weighted by atomic mass is 16.2. The highest BCUT2D eigenvalue weighted by molar-refractivity contribution is 5.82. The Bertz CT molecular complexity index is 719. The average Bonchev–Trinajstić information content (AvgIpc) is 3.29. The molecule has 20 heavy (non-hydrogen) atoms. The minimum atomic E-state index is -0.110. The first kappa shape index (κ1) is 12.7. The third-order valence-electron chi connectivity index (χ3n) is 3.42. The molecule has 0 spiro atoms. The van der Waals surface area contributed by atoms with Crippen LogP contribution in [0.4, 0.5) is 5.95 Å². The number of fused-ring (bicyclic) bond motifs is 1. The lowest BCUT2D eigenvalue weighted by Gasteiger charge is -2.13. The number of carbonyl (C=O) groups is 1. The Morgan fingerprint density at radius 3 is 2.85 bits per heavy atom. The predicted molar refractivity (Wildman–Crippen MR) is 76.2 cm³/mol. The van der Waals surface area contributed by atoms with Crippen LogP contribution in [0.3, 0.4) is 0 Å². The van der Waals surface area contributed by atoms with E-state index in [9.17, 15) is 9.59 Å². The molecule has 1 aromatic heterocycles. The van der Waals surface area contributed by atoms with Crippen molar-refractivity contribution in [3.63, 3.8) is 0 Å². The number of hydrogen-bond donors (Lipinski definition) is 2. The van der Waals surface area contributed by atoms with Crippen LogP contribution in [0.1, 0.15) is 19.8 Å². The summed E-state index contributed by atoms with van der Waals surface area (Å²) in [5.41, 5.74) is 5.89. The zero-order chi connectivity index (χ0) is 14.1. The second-order valence-electron chi connectivity index (χ2n) is 4.89. The van der Waals surface area contributed by atoms with E-state index in [-0.39, 0.29) is 17.4 Å². The maximum absolute atomic E-state index is 12.3. The summed E-state index contributed by atoms with van der Waals surface area (Å²) in [6, 6.07) is 7.18. The Morgan fingerprint density at radius 2 is 2.15 bits per heavy atom. The first-order valence-electron chi connectivity index (χ1n) is 6.76. The van der Waals surface area contributed by atoms with Crippen molar-refractivity contribution in [2.24, 2.45) is 5.92 Å². The molecular formula is C14H16N4O2. The molecule has 0 radical (unpaired) electrons. The first-order chi connectivity index (χ1) is 9.70. The molecule has 2 N–H and O–H groups in total. The number of para-hydroxylation sites is 1. The van der Waals surface area contributed by atoms with E-state index in [0.717, 1.165) is 12.8 Å². The van der Waals surface area contributed by atoms with Gasteiger partial charge in [0.2, 0.25) is 11.9 Å². The van der Waals surface area contributed by atoms with E-state index in [1.165, 1.54) is 4.57 Å². The summed E-state index contributed by atoms with van der Waals surface area (Å²) in [6.45, 7) is 2.35. The maximum Gasteiger partial charge on any atom is 0.262 e. The summed E-state index contributed by atoms with van der Waals surface area (Å²) in [5, 5.41) is 0.577. The molecule has 104 valence electrons. The van der Waals surface area contributed by atoms with Crippen molar-refractivity contribution in [3.8, 4) is 0 Å². The van der Waals surface area contributed by atoms with Crippen molar-refractivity contribution in [2.75, 3.05) is 5.43 Å². The van der Waals surface area contributed by atoms with Gasteiger partial charge in [0.1, 0.15) is 0 Å². The van der Waals surface area contributed by atoms with Gasteiger partial charge in [-0.15, -0.1) is 0 Å². The SMILES string of the molecule is CCn1c(NNC(=O)C2CC2)nc2ccccc2c1=O. The van der Waals surface area contributed by atoms with E-state index in [1.807, 2.05) is 19.1 Å². The number of hydrogen-bond acceptors (Lipinski definition) is 4. The summed E-state index contributed by atoms with van der Waals surface area (Å²) < 4.78 is 1.51. The molecule has 0 atom stereocenters. The van der Waals surface area contributed by atoms with E-state index in [0.29, 0.717) is 23.4 Å². The van der Waals surface area contributed by atoms with Crippen LogP contribution in [-0.2, 0) is 11.3 Å². The number of carbonyl (C=O) groups excluding carboxylic acids is 1. The quantitative estimate of drug-likeness (QED) is 0.822. The lowest BCUT2D eigenvalue weighted by atomic mass is 10.2. The fraction of sp³-hybridized carbons (Fsp3) is 0.357. The van der Waals surface area contributed by atoms with Gasteiger partial charge >= 0.3 is 0 Å². The lowest BCUT2D eigenvalue weighted by Crippen LogP contribution is -2.35. The first-order valence-corrected chi connectivity index (χ1v) is 6.76. The molecule has 1 aliphatic rings. The highest BCUT2D eigenvalue weighted by Crippen LogP contribution is 2.28. The number of nitrogens with zero attached hydrogens (tertiary/aromatic N) is 2. The molecule has 1 aliphatic carbocycles. The van der Waals surface area contributed by atoms with Gasteiger partial charge in [-0.05, 0) is 31.9 Å². The van der Waals surface area contributed by atoms with Crippen LogP contribution >= 0.6 is 0 Å². The highest BCUT2D eigenvalue weighted by Gasteiger charge is 2.29. The minimum absolute atomic E-state index is 0.0462. The summed E-state index contributed by atoms with van der Waals surface area (Å²) in [5.74, 6) is 0.421. The normalized spacial score (nSPS) is 14.2. The lowest BCUT2D eigenvalue weighted by molar-refractivity contribution is -0.121. The maximum atomic E-state index is 12.3. The molecular weight excluding hydrogens is 256 g/mol. The van der Waals surface area contributed by atoms with Gasteiger partial charge in [-0.1, -0.05) is 12.1 Å². The van der Waals surface area contributed by atoms with Crippen LogP contribution in [0.25, 0.3) is 10.9 Å². The topological polar surface area (TPSA) is 76.0 Å². The number of anilines is 1. The Labute approximate surface area is 115 Å². The van der Waals surface area contributed by atoms with Crippen LogP contribution in [0.2, 0.25) is 0 Å². The van der Waals surface area contributed by atoms with Gasteiger partial charge in [0.05, 0.1) is 10.9 Å². The molecule has 0 aliphatic heterocycles. The van der Waals surface area contributed by atoms with E-state index in [1.54, 1.807) is 12.1 Å². The van der Waals surface area contributed by atoms with E-state index in [2.05, 4.69) is 15.8 Å². The Hall–Kier alpha value is -2.37. The second kappa shape index (κ2) is 4.96. The minimum Gasteiger partial charge on any atom is -0.277 e. The summed E-state index contributed by atoms with van der Waals surface area (Å²) in [7, 11) is 0. The third-order valence-corrected chi connectivity index (χ3v) is 3.42. The number of aromatic nitrogens is 2. The summed E-state index contributed by atoms with van der Waals surface area (Å²) >= 11 is 0. The third kappa shape index (κ3) is 2.24. The molecule has 6 nitrogen and oxygen atoms in total. The van der Waals surface area contributed by atoms with Gasteiger partial charge < -0.3 is 0 Å². The van der Waals surface area contributed by atoms with E-state index >= 15 is 0 Å². The average molecular weight is 272 g/mol. The molecule has 2 aromatic rings. The monoisotopic (exact) mass is 272 g/mol. The van der Waals surface area contributed by atoms with Gasteiger partial charge in [-0.2, -0.15) is 0 Å². The van der Waals surface area contributed by atoms with Crippen molar-refractivity contribution in [2.45, 2.75) is 26.3 Å². The Kier molecular flexibility index (Phi) is 3.14. The standard InChI is InChI=1S/C14H16N4O2/c1-2-18-13(20)10-5-3-4-6-11(10)15-14(18)17-16-12(19)9-7-8-9/h3-6,9H,2,7-8H2,1H3,(H,15,17)(H,16,19). The molecule has 1 heterocycles. The fourth-order valence-electron chi connectivity index (χ4n) is 2.12. The molecule has 1 saturated carbocycles. The van der Waals surface area contributed by atoms with Gasteiger partial charge in [-0.3, -0.25) is 25.0 Å². The molecule has 1 fully saturated rings. The van der Waals surface area contributed by atoms with Crippen LogP contribution < -0.4 is 16.4 Å². The van der Waals surface area contributed by atoms with Gasteiger partial charge in [0.15, 0.2) is 0 Å². The van der Waals surface area contributed by atoms with Crippen LogP contribution in [0, 0.1) is 5.92 Å². The van der Waals surface area contributed by atoms with Crippen molar-refractivity contribution < 1.29 is 4.79 Å². The van der Waals surface area contributed by atoms with Crippen molar-refractivity contribution >= 4 is 22.8 Å². The van der Waals surface area contributed by atoms with E-state index in [4.69, 9.17) is 0 Å².